The number of Topliss-reactive ketones (excluding diaryl/α,β-unsaturated/α-hetero) is 1. The van der Waals surface area contributed by atoms with Crippen molar-refractivity contribution >= 4 is 5.78 Å². The number of ketones is 1. The highest BCUT2D eigenvalue weighted by molar-refractivity contribution is 5.87. The highest BCUT2D eigenvalue weighted by Crippen LogP contribution is 2.39. The fourth-order valence-corrected chi connectivity index (χ4v) is 2.45. The number of carbonyl (C=O) groups is 1. The van der Waals surface area contributed by atoms with Crippen LogP contribution in [0.5, 0.6) is 0 Å². The molecule has 1 unspecified atom stereocenters. The van der Waals surface area contributed by atoms with Crippen molar-refractivity contribution in [2.75, 3.05) is 0 Å². The van der Waals surface area contributed by atoms with Gasteiger partial charge in [0.25, 0.3) is 0 Å². The lowest BCUT2D eigenvalue weighted by atomic mass is 9.68. The molecule has 70 valence electrons. The number of hydrogen-bond acceptors (Lipinski definition) is 1. The minimum atomic E-state index is 0.0203. The van der Waals surface area contributed by atoms with Crippen molar-refractivity contribution in [3.63, 3.8) is 0 Å². The van der Waals surface area contributed by atoms with E-state index < -0.39 is 0 Å². The second kappa shape index (κ2) is 3.59. The monoisotopic (exact) mass is 168 g/mol. The molecule has 12 heavy (non-hydrogen) atoms. The van der Waals surface area contributed by atoms with Crippen LogP contribution in [-0.4, -0.2) is 5.78 Å². The third-order valence-corrected chi connectivity index (χ3v) is 3.21. The van der Waals surface area contributed by atoms with E-state index in [0.717, 1.165) is 25.7 Å². The molecule has 0 amide bonds. The first-order chi connectivity index (χ1) is 5.60. The van der Waals surface area contributed by atoms with Gasteiger partial charge in [-0.3, -0.25) is 4.79 Å². The molecule has 0 aliphatic heterocycles. The van der Waals surface area contributed by atoms with Gasteiger partial charge in [-0.15, -0.1) is 0 Å². The molecule has 1 rings (SSSR count). The zero-order valence-electron chi connectivity index (χ0n) is 8.52. The molecule has 0 heterocycles. The van der Waals surface area contributed by atoms with Crippen LogP contribution in [0, 0.1) is 11.3 Å². The summed E-state index contributed by atoms with van der Waals surface area (Å²) in [7, 11) is 0. The van der Waals surface area contributed by atoms with Crippen molar-refractivity contribution in [1.29, 1.82) is 0 Å². The summed E-state index contributed by atoms with van der Waals surface area (Å²) in [6.45, 7) is 6.39. The van der Waals surface area contributed by atoms with Gasteiger partial charge in [0.05, 0.1) is 0 Å². The summed E-state index contributed by atoms with van der Waals surface area (Å²) in [5.74, 6) is 0.825. The highest BCUT2D eigenvalue weighted by Gasteiger charge is 2.37. The third kappa shape index (κ3) is 1.70. The average molecular weight is 168 g/mol. The smallest absolute Gasteiger partial charge is 0.141 e. The van der Waals surface area contributed by atoms with Crippen molar-refractivity contribution in [3.05, 3.63) is 0 Å². The van der Waals surface area contributed by atoms with Gasteiger partial charge in [-0.1, -0.05) is 33.6 Å². The van der Waals surface area contributed by atoms with Gasteiger partial charge in [-0.2, -0.15) is 0 Å². The summed E-state index contributed by atoms with van der Waals surface area (Å²) in [6.07, 6.45) is 5.68. The van der Waals surface area contributed by atoms with Crippen molar-refractivity contribution in [3.8, 4) is 0 Å². The van der Waals surface area contributed by atoms with Crippen LogP contribution in [-0.2, 0) is 4.79 Å². The van der Waals surface area contributed by atoms with E-state index in [0.29, 0.717) is 11.7 Å². The summed E-state index contributed by atoms with van der Waals surface area (Å²) in [5, 5.41) is 0. The topological polar surface area (TPSA) is 17.1 Å². The first-order valence-electron chi connectivity index (χ1n) is 5.14. The van der Waals surface area contributed by atoms with E-state index in [9.17, 15) is 4.79 Å². The Labute approximate surface area is 75.5 Å². The first-order valence-corrected chi connectivity index (χ1v) is 5.14. The number of carbonyl (C=O) groups excluding carboxylic acids is 1. The van der Waals surface area contributed by atoms with E-state index in [-0.39, 0.29) is 5.41 Å². The van der Waals surface area contributed by atoms with Gasteiger partial charge in [0.2, 0.25) is 0 Å². The van der Waals surface area contributed by atoms with Crippen molar-refractivity contribution in [2.24, 2.45) is 11.3 Å². The molecule has 1 heteroatoms. The standard InChI is InChI=1S/C11H20O/c1-4-7-11(3)8-5-6-9(2)10(11)12/h9H,4-8H2,1-3H3/t9?,11-/m0/s1. The zero-order chi connectivity index (χ0) is 9.19. The Balaban J connectivity index is 2.67. The zero-order valence-corrected chi connectivity index (χ0v) is 8.52. The van der Waals surface area contributed by atoms with Crippen LogP contribution < -0.4 is 0 Å². The highest BCUT2D eigenvalue weighted by atomic mass is 16.1. The molecule has 1 aliphatic rings. The van der Waals surface area contributed by atoms with Gasteiger partial charge in [0, 0.05) is 11.3 Å². The predicted octanol–water partition coefficient (Wildman–Crippen LogP) is 3.18. The quantitative estimate of drug-likeness (QED) is 0.619. The lowest BCUT2D eigenvalue weighted by Crippen LogP contribution is -2.36. The van der Waals surface area contributed by atoms with E-state index >= 15 is 0 Å². The molecule has 1 nitrogen and oxygen atoms in total. The summed E-state index contributed by atoms with van der Waals surface area (Å²) in [4.78, 5) is 11.8. The number of hydrogen-bond donors (Lipinski definition) is 0. The molecule has 0 aromatic heterocycles. The molecule has 0 bridgehead atoms. The SMILES string of the molecule is CCC[C@@]1(C)CCCC(C)C1=O. The van der Waals surface area contributed by atoms with E-state index in [2.05, 4.69) is 20.8 Å². The van der Waals surface area contributed by atoms with Crippen LogP contribution in [0.2, 0.25) is 0 Å². The van der Waals surface area contributed by atoms with Gasteiger partial charge in [0.1, 0.15) is 5.78 Å². The molecule has 0 N–H and O–H groups in total. The molecule has 0 radical (unpaired) electrons. The van der Waals surface area contributed by atoms with Gasteiger partial charge >= 0.3 is 0 Å². The van der Waals surface area contributed by atoms with Crippen molar-refractivity contribution < 1.29 is 4.79 Å². The molecule has 0 aromatic carbocycles. The molecular weight excluding hydrogens is 148 g/mol. The molecule has 1 aliphatic carbocycles. The predicted molar refractivity (Wildman–Crippen MR) is 51.0 cm³/mol. The van der Waals surface area contributed by atoms with Crippen LogP contribution >= 0.6 is 0 Å². The molecular formula is C11H20O. The Morgan fingerprint density at radius 1 is 1.58 bits per heavy atom. The average Bonchev–Trinajstić information content (AvgIpc) is 2.01. The molecule has 0 spiro atoms. The molecule has 0 aromatic rings. The van der Waals surface area contributed by atoms with Crippen LogP contribution in [0.1, 0.15) is 52.9 Å². The maximum atomic E-state index is 11.8. The fourth-order valence-electron chi connectivity index (χ4n) is 2.45. The Bertz CT molecular complexity index is 170. The largest absolute Gasteiger partial charge is 0.299 e. The third-order valence-electron chi connectivity index (χ3n) is 3.21. The minimum Gasteiger partial charge on any atom is -0.299 e. The summed E-state index contributed by atoms with van der Waals surface area (Å²) >= 11 is 0. The lowest BCUT2D eigenvalue weighted by Gasteiger charge is -2.35. The Morgan fingerprint density at radius 3 is 2.83 bits per heavy atom. The summed E-state index contributed by atoms with van der Waals surface area (Å²) in [5.41, 5.74) is 0.0203. The van der Waals surface area contributed by atoms with E-state index in [1.807, 2.05) is 0 Å². The van der Waals surface area contributed by atoms with Crippen molar-refractivity contribution in [2.45, 2.75) is 52.9 Å². The van der Waals surface area contributed by atoms with Crippen LogP contribution in [0.15, 0.2) is 0 Å². The van der Waals surface area contributed by atoms with Crippen LogP contribution in [0.25, 0.3) is 0 Å². The second-order valence-electron chi connectivity index (χ2n) is 4.47. The van der Waals surface area contributed by atoms with Gasteiger partial charge in [-0.05, 0) is 19.3 Å². The Kier molecular flexibility index (Phi) is 2.92. The lowest BCUT2D eigenvalue weighted by molar-refractivity contribution is -0.135. The molecule has 1 saturated carbocycles. The molecule has 1 fully saturated rings. The van der Waals surface area contributed by atoms with Gasteiger partial charge in [-0.25, -0.2) is 0 Å². The normalized spacial score (nSPS) is 36.9. The Morgan fingerprint density at radius 2 is 2.25 bits per heavy atom. The molecule has 0 saturated heterocycles. The van der Waals surface area contributed by atoms with E-state index in [1.165, 1.54) is 6.42 Å². The fraction of sp³-hybridized carbons (Fsp3) is 0.909. The maximum Gasteiger partial charge on any atom is 0.141 e. The van der Waals surface area contributed by atoms with Crippen molar-refractivity contribution in [1.82, 2.24) is 0 Å². The van der Waals surface area contributed by atoms with E-state index in [4.69, 9.17) is 0 Å². The van der Waals surface area contributed by atoms with Gasteiger partial charge < -0.3 is 0 Å². The summed E-state index contributed by atoms with van der Waals surface area (Å²) < 4.78 is 0. The van der Waals surface area contributed by atoms with Crippen LogP contribution in [0.3, 0.4) is 0 Å². The van der Waals surface area contributed by atoms with E-state index in [1.54, 1.807) is 0 Å². The molecule has 2 atom stereocenters. The minimum absolute atomic E-state index is 0.0203. The van der Waals surface area contributed by atoms with Crippen LogP contribution in [0.4, 0.5) is 0 Å². The maximum absolute atomic E-state index is 11.8. The second-order valence-corrected chi connectivity index (χ2v) is 4.47. The number of rotatable bonds is 2. The summed E-state index contributed by atoms with van der Waals surface area (Å²) in [6, 6.07) is 0. The Hall–Kier alpha value is -0.330. The first kappa shape index (κ1) is 9.76. The van der Waals surface area contributed by atoms with Gasteiger partial charge in [0.15, 0.2) is 0 Å².